The van der Waals surface area contributed by atoms with Gasteiger partial charge in [-0.15, -0.1) is 0 Å². The normalized spacial score (nSPS) is 12.8. The number of pyridine rings is 1. The summed E-state index contributed by atoms with van der Waals surface area (Å²) in [6.45, 7) is 2.07. The first-order valence-electron chi connectivity index (χ1n) is 8.83. The van der Waals surface area contributed by atoms with Crippen molar-refractivity contribution in [3.8, 4) is 0 Å². The lowest BCUT2D eigenvalue weighted by Crippen LogP contribution is -2.28. The SMILES string of the molecule is CCOC(=O)C(c1ccccc1)C(Nc1ccc(F)cc1)c1ccccn1. The van der Waals surface area contributed by atoms with Crippen LogP contribution >= 0.6 is 0 Å². The van der Waals surface area contributed by atoms with Gasteiger partial charge in [-0.05, 0) is 48.9 Å². The highest BCUT2D eigenvalue weighted by molar-refractivity contribution is 5.80. The van der Waals surface area contributed by atoms with E-state index in [-0.39, 0.29) is 18.4 Å². The molecule has 0 fully saturated rings. The molecule has 2 atom stereocenters. The monoisotopic (exact) mass is 364 g/mol. The molecular weight excluding hydrogens is 343 g/mol. The zero-order valence-electron chi connectivity index (χ0n) is 15.0. The predicted molar refractivity (Wildman–Crippen MR) is 103 cm³/mol. The number of hydrogen-bond acceptors (Lipinski definition) is 4. The molecular formula is C22H21FN2O2. The Labute approximate surface area is 158 Å². The number of halogens is 1. The van der Waals surface area contributed by atoms with Gasteiger partial charge in [0.1, 0.15) is 11.7 Å². The molecule has 0 saturated carbocycles. The van der Waals surface area contributed by atoms with Crippen molar-refractivity contribution in [1.29, 1.82) is 0 Å². The average molecular weight is 364 g/mol. The van der Waals surface area contributed by atoms with Crippen LogP contribution in [0.2, 0.25) is 0 Å². The van der Waals surface area contributed by atoms with Crippen molar-refractivity contribution in [3.05, 3.63) is 96.1 Å². The molecule has 2 aromatic carbocycles. The Morgan fingerprint density at radius 2 is 1.74 bits per heavy atom. The summed E-state index contributed by atoms with van der Waals surface area (Å²) in [4.78, 5) is 17.3. The molecule has 4 nitrogen and oxygen atoms in total. The van der Waals surface area contributed by atoms with Crippen molar-refractivity contribution in [2.24, 2.45) is 0 Å². The maximum Gasteiger partial charge on any atom is 0.315 e. The molecule has 138 valence electrons. The topological polar surface area (TPSA) is 51.2 Å². The van der Waals surface area contributed by atoms with E-state index in [1.807, 2.05) is 48.5 Å². The first-order valence-corrected chi connectivity index (χ1v) is 8.83. The third-order valence-corrected chi connectivity index (χ3v) is 4.21. The van der Waals surface area contributed by atoms with Gasteiger partial charge in [0.05, 0.1) is 18.3 Å². The summed E-state index contributed by atoms with van der Waals surface area (Å²) in [6, 6.07) is 20.5. The minimum absolute atomic E-state index is 0.285. The molecule has 0 aliphatic rings. The fraction of sp³-hybridized carbons (Fsp3) is 0.182. The largest absolute Gasteiger partial charge is 0.465 e. The quantitative estimate of drug-likeness (QED) is 0.616. The molecule has 0 radical (unpaired) electrons. The molecule has 0 spiro atoms. The first-order chi connectivity index (χ1) is 13.2. The van der Waals surface area contributed by atoms with Gasteiger partial charge in [0.25, 0.3) is 0 Å². The molecule has 3 rings (SSSR count). The van der Waals surface area contributed by atoms with Gasteiger partial charge in [0, 0.05) is 11.9 Å². The van der Waals surface area contributed by atoms with Crippen LogP contribution < -0.4 is 5.32 Å². The summed E-state index contributed by atoms with van der Waals surface area (Å²) in [5.41, 5.74) is 2.21. The molecule has 0 amide bonds. The van der Waals surface area contributed by atoms with E-state index in [9.17, 15) is 9.18 Å². The first kappa shape index (κ1) is 18.6. The third kappa shape index (κ3) is 4.70. The van der Waals surface area contributed by atoms with Gasteiger partial charge >= 0.3 is 5.97 Å². The molecule has 3 aromatic rings. The molecule has 1 aromatic heterocycles. The highest BCUT2D eigenvalue weighted by atomic mass is 19.1. The zero-order valence-corrected chi connectivity index (χ0v) is 15.0. The molecule has 1 heterocycles. The maximum absolute atomic E-state index is 13.3. The van der Waals surface area contributed by atoms with E-state index in [4.69, 9.17) is 4.74 Å². The lowest BCUT2D eigenvalue weighted by molar-refractivity contribution is -0.145. The van der Waals surface area contributed by atoms with E-state index in [1.54, 1.807) is 25.3 Å². The van der Waals surface area contributed by atoms with Crippen LogP contribution in [0.15, 0.2) is 79.0 Å². The van der Waals surface area contributed by atoms with E-state index < -0.39 is 12.0 Å². The summed E-state index contributed by atoms with van der Waals surface area (Å²) in [7, 11) is 0. The molecule has 1 N–H and O–H groups in total. The molecule has 5 heteroatoms. The zero-order chi connectivity index (χ0) is 19.1. The Hall–Kier alpha value is -3.21. The molecule has 2 unspecified atom stereocenters. The summed E-state index contributed by atoms with van der Waals surface area (Å²) in [5, 5.41) is 3.33. The highest BCUT2D eigenvalue weighted by Gasteiger charge is 2.33. The minimum Gasteiger partial charge on any atom is -0.465 e. The fourth-order valence-corrected chi connectivity index (χ4v) is 2.97. The van der Waals surface area contributed by atoms with E-state index in [2.05, 4.69) is 10.3 Å². The maximum atomic E-state index is 13.3. The Kier molecular flexibility index (Phi) is 6.15. The van der Waals surface area contributed by atoms with Crippen LogP contribution in [-0.2, 0) is 9.53 Å². The number of rotatable bonds is 7. The second-order valence-corrected chi connectivity index (χ2v) is 6.02. The molecule has 0 saturated heterocycles. The highest BCUT2D eigenvalue weighted by Crippen LogP contribution is 2.34. The number of ether oxygens (including phenoxy) is 1. The van der Waals surface area contributed by atoms with Crippen molar-refractivity contribution >= 4 is 11.7 Å². The number of anilines is 1. The number of nitrogens with zero attached hydrogens (tertiary/aromatic N) is 1. The number of esters is 1. The van der Waals surface area contributed by atoms with Gasteiger partial charge in [-0.25, -0.2) is 4.39 Å². The van der Waals surface area contributed by atoms with Crippen molar-refractivity contribution in [2.45, 2.75) is 18.9 Å². The Bertz CT molecular complexity index is 855. The van der Waals surface area contributed by atoms with Gasteiger partial charge in [-0.1, -0.05) is 36.4 Å². The van der Waals surface area contributed by atoms with Gasteiger partial charge < -0.3 is 10.1 Å². The van der Waals surface area contributed by atoms with E-state index in [0.29, 0.717) is 11.4 Å². The number of hydrogen-bond donors (Lipinski definition) is 1. The van der Waals surface area contributed by atoms with Crippen LogP contribution in [0.5, 0.6) is 0 Å². The van der Waals surface area contributed by atoms with Crippen LogP contribution in [0.3, 0.4) is 0 Å². The minimum atomic E-state index is -0.605. The average Bonchev–Trinajstić information content (AvgIpc) is 2.71. The number of nitrogens with one attached hydrogen (secondary N) is 1. The number of carbonyl (C=O) groups excluding carboxylic acids is 1. The van der Waals surface area contributed by atoms with E-state index in [1.165, 1.54) is 12.1 Å². The lowest BCUT2D eigenvalue weighted by atomic mass is 9.88. The Balaban J connectivity index is 2.04. The van der Waals surface area contributed by atoms with E-state index in [0.717, 1.165) is 5.56 Å². The summed E-state index contributed by atoms with van der Waals surface area (Å²) in [5.74, 6) is -1.26. The second-order valence-electron chi connectivity index (χ2n) is 6.02. The smallest absolute Gasteiger partial charge is 0.315 e. The molecule has 0 aliphatic heterocycles. The van der Waals surface area contributed by atoms with Crippen LogP contribution in [0.1, 0.15) is 30.1 Å². The predicted octanol–water partition coefficient (Wildman–Crippen LogP) is 4.72. The Morgan fingerprint density at radius 1 is 1.04 bits per heavy atom. The van der Waals surface area contributed by atoms with Crippen molar-refractivity contribution < 1.29 is 13.9 Å². The van der Waals surface area contributed by atoms with Gasteiger partial charge in [-0.2, -0.15) is 0 Å². The number of carbonyl (C=O) groups is 1. The second kappa shape index (κ2) is 8.94. The van der Waals surface area contributed by atoms with Gasteiger partial charge in [0.2, 0.25) is 0 Å². The molecule has 0 aliphatic carbocycles. The van der Waals surface area contributed by atoms with Crippen molar-refractivity contribution in [1.82, 2.24) is 4.98 Å². The van der Waals surface area contributed by atoms with Gasteiger partial charge in [-0.3, -0.25) is 9.78 Å². The summed E-state index contributed by atoms with van der Waals surface area (Å²) in [6.07, 6.45) is 1.68. The van der Waals surface area contributed by atoms with Crippen LogP contribution in [0.4, 0.5) is 10.1 Å². The fourth-order valence-electron chi connectivity index (χ4n) is 2.97. The van der Waals surface area contributed by atoms with Crippen molar-refractivity contribution in [2.75, 3.05) is 11.9 Å². The molecule has 0 bridgehead atoms. The third-order valence-electron chi connectivity index (χ3n) is 4.21. The van der Waals surface area contributed by atoms with Crippen LogP contribution in [0.25, 0.3) is 0 Å². The van der Waals surface area contributed by atoms with Gasteiger partial charge in [0.15, 0.2) is 0 Å². The number of aromatic nitrogens is 1. The van der Waals surface area contributed by atoms with Crippen molar-refractivity contribution in [3.63, 3.8) is 0 Å². The van der Waals surface area contributed by atoms with Crippen LogP contribution in [0, 0.1) is 5.82 Å². The Morgan fingerprint density at radius 3 is 2.37 bits per heavy atom. The number of benzene rings is 2. The summed E-state index contributed by atoms with van der Waals surface area (Å²) < 4.78 is 18.6. The van der Waals surface area contributed by atoms with Crippen LogP contribution in [-0.4, -0.2) is 17.6 Å². The lowest BCUT2D eigenvalue weighted by Gasteiger charge is -2.27. The summed E-state index contributed by atoms with van der Waals surface area (Å²) >= 11 is 0. The van der Waals surface area contributed by atoms with E-state index >= 15 is 0 Å². The molecule has 27 heavy (non-hydrogen) atoms. The standard InChI is InChI=1S/C22H21FN2O2/c1-2-27-22(26)20(16-8-4-3-5-9-16)21(19-10-6-7-15-24-19)25-18-13-11-17(23)12-14-18/h3-15,20-21,25H,2H2,1H3.